The molecule has 212 valence electrons. The van der Waals surface area contributed by atoms with Crippen molar-refractivity contribution in [2.75, 3.05) is 13.6 Å². The molecule has 3 amide bonds. The molecular weight excluding hydrogens is 500 g/mol. The van der Waals surface area contributed by atoms with Crippen LogP contribution in [0.1, 0.15) is 73.3 Å². The lowest BCUT2D eigenvalue weighted by molar-refractivity contribution is -0.140. The van der Waals surface area contributed by atoms with E-state index in [1.54, 1.807) is 24.9 Å². The molecule has 3 atom stereocenters. The topological polar surface area (TPSA) is 81.8 Å². The van der Waals surface area contributed by atoms with Gasteiger partial charge in [0, 0.05) is 30.2 Å². The molecule has 1 aromatic carbocycles. The van der Waals surface area contributed by atoms with E-state index in [-0.39, 0.29) is 47.7 Å². The molecule has 1 aliphatic heterocycles. The number of halogens is 1. The van der Waals surface area contributed by atoms with Gasteiger partial charge in [-0.1, -0.05) is 63.9 Å². The minimum Gasteiger partial charge on any atom is -0.348 e. The highest BCUT2D eigenvalue weighted by Gasteiger charge is 2.36. The number of hydrogen-bond acceptors (Lipinski definition) is 4. The predicted octanol–water partition coefficient (Wildman–Crippen LogP) is 4.79. The number of piperidine rings is 1. The highest BCUT2D eigenvalue weighted by atomic mass is 35.5. The maximum atomic E-state index is 13.7. The normalized spacial score (nSPS) is 18.4. The van der Waals surface area contributed by atoms with Gasteiger partial charge in [-0.15, -0.1) is 0 Å². The van der Waals surface area contributed by atoms with Gasteiger partial charge in [0.15, 0.2) is 0 Å². The summed E-state index contributed by atoms with van der Waals surface area (Å²) in [5, 5.41) is 6.63. The Balaban J connectivity index is 2.13. The van der Waals surface area contributed by atoms with Crippen molar-refractivity contribution in [2.24, 2.45) is 11.8 Å². The monoisotopic (exact) mass is 546 g/mol. The van der Waals surface area contributed by atoms with Gasteiger partial charge >= 0.3 is 0 Å². The number of likely N-dealkylation sites (tertiary alicyclic amines) is 1. The van der Waals surface area contributed by atoms with E-state index in [2.05, 4.69) is 29.4 Å². The van der Waals surface area contributed by atoms with Gasteiger partial charge in [0.05, 0.1) is 12.1 Å². The predicted molar refractivity (Wildman–Crippen MR) is 155 cm³/mol. The van der Waals surface area contributed by atoms with Crippen LogP contribution in [0.5, 0.6) is 0 Å². The van der Waals surface area contributed by atoms with Crippen molar-refractivity contribution in [1.29, 1.82) is 0 Å². The highest BCUT2D eigenvalue weighted by Crippen LogP contribution is 2.21. The summed E-state index contributed by atoms with van der Waals surface area (Å²) in [6.45, 7) is 15.2. The Morgan fingerprint density at radius 2 is 1.79 bits per heavy atom. The lowest BCUT2D eigenvalue weighted by Crippen LogP contribution is -2.58. The van der Waals surface area contributed by atoms with Crippen LogP contribution in [-0.2, 0) is 20.9 Å². The average Bonchev–Trinajstić information content (AvgIpc) is 2.87. The minimum atomic E-state index is -0.643. The molecule has 1 aliphatic rings. The Morgan fingerprint density at radius 1 is 1.11 bits per heavy atom. The number of hydrogen-bond donors (Lipinski definition) is 2. The van der Waals surface area contributed by atoms with Crippen molar-refractivity contribution >= 4 is 29.3 Å². The number of carbonyl (C=O) groups excluding carboxylic acids is 3. The van der Waals surface area contributed by atoms with Gasteiger partial charge in [-0.25, -0.2) is 0 Å². The second-order valence-electron chi connectivity index (χ2n) is 11.4. The molecule has 2 N–H and O–H groups in total. The molecule has 38 heavy (non-hydrogen) atoms. The number of carbonyl (C=O) groups is 3. The van der Waals surface area contributed by atoms with Crippen molar-refractivity contribution in [2.45, 2.75) is 98.4 Å². The van der Waals surface area contributed by atoms with E-state index in [1.165, 1.54) is 0 Å². The first-order chi connectivity index (χ1) is 17.8. The van der Waals surface area contributed by atoms with E-state index < -0.39 is 6.04 Å². The highest BCUT2D eigenvalue weighted by molar-refractivity contribution is 6.30. The summed E-state index contributed by atoms with van der Waals surface area (Å²) in [5.74, 6) is -0.438. The van der Waals surface area contributed by atoms with Gasteiger partial charge in [0.2, 0.25) is 17.7 Å². The molecule has 0 aromatic heterocycles. The molecule has 1 heterocycles. The van der Waals surface area contributed by atoms with Gasteiger partial charge in [0.1, 0.15) is 6.04 Å². The van der Waals surface area contributed by atoms with Gasteiger partial charge < -0.3 is 15.5 Å². The molecule has 8 heteroatoms. The van der Waals surface area contributed by atoms with Crippen LogP contribution in [0.25, 0.3) is 0 Å². The second-order valence-corrected chi connectivity index (χ2v) is 11.9. The molecule has 2 rings (SSSR count). The molecule has 1 saturated heterocycles. The Hall–Kier alpha value is -2.38. The van der Waals surface area contributed by atoms with E-state index in [0.717, 1.165) is 31.4 Å². The fourth-order valence-electron chi connectivity index (χ4n) is 5.03. The van der Waals surface area contributed by atoms with Gasteiger partial charge in [-0.3, -0.25) is 19.3 Å². The summed E-state index contributed by atoms with van der Waals surface area (Å²) in [7, 11) is 1.75. The number of amides is 3. The van der Waals surface area contributed by atoms with Crippen molar-refractivity contribution in [3.63, 3.8) is 0 Å². The molecular formula is C30H47ClN4O3. The second kappa shape index (κ2) is 14.7. The Morgan fingerprint density at radius 3 is 2.37 bits per heavy atom. The number of nitrogens with zero attached hydrogens (tertiary/aromatic N) is 2. The first kappa shape index (κ1) is 31.8. The van der Waals surface area contributed by atoms with Gasteiger partial charge in [-0.05, 0) is 69.7 Å². The Labute approximate surface area is 234 Å². The van der Waals surface area contributed by atoms with Crippen LogP contribution in [0.3, 0.4) is 0 Å². The number of likely N-dealkylation sites (N-methyl/N-ethyl adjacent to an activating group) is 1. The van der Waals surface area contributed by atoms with E-state index in [4.69, 9.17) is 11.6 Å². The lowest BCUT2D eigenvalue weighted by Gasteiger charge is -2.39. The smallest absolute Gasteiger partial charge is 0.246 e. The van der Waals surface area contributed by atoms with Crippen molar-refractivity contribution in [1.82, 2.24) is 20.4 Å². The molecule has 1 fully saturated rings. The minimum absolute atomic E-state index is 0.0675. The van der Waals surface area contributed by atoms with Crippen LogP contribution in [0.15, 0.2) is 35.9 Å². The molecule has 0 aliphatic carbocycles. The third kappa shape index (κ3) is 8.84. The standard InChI is InChI=1S/C30H47ClN4O3/c1-19(2)26(16-22(7)28(36)32-18-23-12-11-13-24(31)17-23)34(8)30(38)27(20(3)4)33-29(37)25-14-9-10-15-35(25)21(5)6/h11-13,16-17,19-21,25-27H,9-10,14-15,18H2,1-8H3,(H,32,36)(H,33,37)/t25?,26-,27+/m1/s1. The van der Waals surface area contributed by atoms with Crippen LogP contribution in [0, 0.1) is 11.8 Å². The molecule has 7 nitrogen and oxygen atoms in total. The van der Waals surface area contributed by atoms with E-state index >= 15 is 0 Å². The summed E-state index contributed by atoms with van der Waals surface area (Å²) in [4.78, 5) is 43.8. The summed E-state index contributed by atoms with van der Waals surface area (Å²) in [5.41, 5.74) is 1.45. The molecule has 0 radical (unpaired) electrons. The van der Waals surface area contributed by atoms with Crippen molar-refractivity contribution in [3.8, 4) is 0 Å². The molecule has 0 bridgehead atoms. The molecule has 1 aromatic rings. The summed E-state index contributed by atoms with van der Waals surface area (Å²) < 4.78 is 0. The van der Waals surface area contributed by atoms with E-state index in [0.29, 0.717) is 17.1 Å². The van der Waals surface area contributed by atoms with Gasteiger partial charge in [-0.2, -0.15) is 0 Å². The quantitative estimate of drug-likeness (QED) is 0.391. The first-order valence-corrected chi connectivity index (χ1v) is 14.2. The Kier molecular flexibility index (Phi) is 12.3. The third-order valence-electron chi connectivity index (χ3n) is 7.34. The zero-order chi connectivity index (χ0) is 28.6. The van der Waals surface area contributed by atoms with E-state index in [1.807, 2.05) is 52.0 Å². The molecule has 0 spiro atoms. The Bertz CT molecular complexity index is 991. The first-order valence-electron chi connectivity index (χ1n) is 13.9. The average molecular weight is 547 g/mol. The number of benzene rings is 1. The zero-order valence-corrected chi connectivity index (χ0v) is 25.1. The summed E-state index contributed by atoms with van der Waals surface area (Å²) >= 11 is 6.04. The molecule has 0 saturated carbocycles. The fraction of sp³-hybridized carbons (Fsp3) is 0.633. The largest absolute Gasteiger partial charge is 0.348 e. The van der Waals surface area contributed by atoms with Crippen LogP contribution < -0.4 is 10.6 Å². The van der Waals surface area contributed by atoms with Crippen molar-refractivity contribution < 1.29 is 14.4 Å². The SMILES string of the molecule is CC(=C[C@H](C(C)C)N(C)C(=O)[C@@H](NC(=O)C1CCCCN1C(C)C)C(C)C)C(=O)NCc1cccc(Cl)c1. The third-order valence-corrected chi connectivity index (χ3v) is 7.57. The maximum Gasteiger partial charge on any atom is 0.246 e. The van der Waals surface area contributed by atoms with Crippen LogP contribution in [-0.4, -0.2) is 65.3 Å². The van der Waals surface area contributed by atoms with Crippen LogP contribution in [0.4, 0.5) is 0 Å². The number of nitrogens with one attached hydrogen (secondary N) is 2. The molecule has 1 unspecified atom stereocenters. The van der Waals surface area contributed by atoms with E-state index in [9.17, 15) is 14.4 Å². The van der Waals surface area contributed by atoms with Crippen LogP contribution in [0.2, 0.25) is 5.02 Å². The number of rotatable bonds is 11. The lowest BCUT2D eigenvalue weighted by atomic mass is 9.95. The zero-order valence-electron chi connectivity index (χ0n) is 24.4. The van der Waals surface area contributed by atoms with Gasteiger partial charge in [0.25, 0.3) is 0 Å². The maximum absolute atomic E-state index is 13.7. The summed E-state index contributed by atoms with van der Waals surface area (Å²) in [6, 6.07) is 6.47. The van der Waals surface area contributed by atoms with Crippen molar-refractivity contribution in [3.05, 3.63) is 46.5 Å². The summed E-state index contributed by atoms with van der Waals surface area (Å²) in [6.07, 6.45) is 4.75. The fourth-order valence-corrected chi connectivity index (χ4v) is 5.25. The van der Waals surface area contributed by atoms with Crippen LogP contribution >= 0.6 is 11.6 Å².